The lowest BCUT2D eigenvalue weighted by atomic mass is 10.2. The van der Waals surface area contributed by atoms with Gasteiger partial charge in [0.1, 0.15) is 12.7 Å². The van der Waals surface area contributed by atoms with Crippen LogP contribution in [-0.4, -0.2) is 25.7 Å². The molecule has 0 saturated heterocycles. The summed E-state index contributed by atoms with van der Waals surface area (Å²) in [5, 5.41) is 10.6. The Kier molecular flexibility index (Phi) is 3.61. The lowest BCUT2D eigenvalue weighted by molar-refractivity contribution is 0.102. The predicted octanol–water partition coefficient (Wildman–Crippen LogP) is 2.57. The lowest BCUT2D eigenvalue weighted by Gasteiger charge is -2.08. The monoisotopic (exact) mass is 299 g/mol. The maximum atomic E-state index is 12.2. The molecule has 0 aliphatic heterocycles. The Morgan fingerprint density at radius 1 is 1.19 bits per heavy atom. The molecule has 2 heterocycles. The van der Waals surface area contributed by atoms with Crippen LogP contribution in [0.1, 0.15) is 10.4 Å². The third-order valence-electron chi connectivity index (χ3n) is 2.83. The van der Waals surface area contributed by atoms with E-state index in [-0.39, 0.29) is 5.91 Å². The van der Waals surface area contributed by atoms with Gasteiger partial charge in [0.2, 0.25) is 0 Å². The molecule has 0 radical (unpaired) electrons. The van der Waals surface area contributed by atoms with Crippen molar-refractivity contribution >= 4 is 23.2 Å². The fourth-order valence-electron chi connectivity index (χ4n) is 1.82. The van der Waals surface area contributed by atoms with Crippen LogP contribution >= 0.6 is 11.6 Å². The smallest absolute Gasteiger partial charge is 0.258 e. The van der Waals surface area contributed by atoms with Crippen LogP contribution < -0.4 is 5.32 Å². The molecule has 1 aromatic carbocycles. The van der Waals surface area contributed by atoms with Crippen molar-refractivity contribution < 1.29 is 4.79 Å². The minimum Gasteiger partial charge on any atom is -0.322 e. The van der Waals surface area contributed by atoms with Crippen LogP contribution in [0, 0.1) is 0 Å². The number of nitrogens with one attached hydrogen (secondary N) is 1. The van der Waals surface area contributed by atoms with Gasteiger partial charge in [-0.25, -0.2) is 0 Å². The van der Waals surface area contributed by atoms with Crippen molar-refractivity contribution in [1.82, 2.24) is 19.7 Å². The van der Waals surface area contributed by atoms with Gasteiger partial charge >= 0.3 is 0 Å². The molecule has 0 atom stereocenters. The van der Waals surface area contributed by atoms with E-state index in [1.807, 2.05) is 18.2 Å². The summed E-state index contributed by atoms with van der Waals surface area (Å²) in [6.07, 6.45) is 6.13. The van der Waals surface area contributed by atoms with Gasteiger partial charge in [0, 0.05) is 18.1 Å². The van der Waals surface area contributed by atoms with E-state index in [1.54, 1.807) is 29.4 Å². The van der Waals surface area contributed by atoms with E-state index < -0.39 is 0 Å². The van der Waals surface area contributed by atoms with E-state index in [0.717, 1.165) is 5.69 Å². The number of carbonyl (C=O) groups excluding carboxylic acids is 1. The minimum absolute atomic E-state index is 0.311. The summed E-state index contributed by atoms with van der Waals surface area (Å²) in [5.74, 6) is -0.311. The normalized spacial score (nSPS) is 10.3. The van der Waals surface area contributed by atoms with Gasteiger partial charge in [-0.15, -0.1) is 10.2 Å². The number of hydrogen-bond acceptors (Lipinski definition) is 4. The van der Waals surface area contributed by atoms with Crippen LogP contribution in [0.3, 0.4) is 0 Å². The molecule has 0 fully saturated rings. The lowest BCUT2D eigenvalue weighted by Crippen LogP contribution is -2.13. The molecule has 21 heavy (non-hydrogen) atoms. The Bertz CT molecular complexity index is 773. The maximum Gasteiger partial charge on any atom is 0.258 e. The zero-order valence-corrected chi connectivity index (χ0v) is 11.5. The number of carbonyl (C=O) groups is 1. The van der Waals surface area contributed by atoms with Gasteiger partial charge in [-0.05, 0) is 24.3 Å². The van der Waals surface area contributed by atoms with Crippen molar-refractivity contribution in [2.24, 2.45) is 0 Å². The minimum atomic E-state index is -0.311. The summed E-state index contributed by atoms with van der Waals surface area (Å²) in [4.78, 5) is 16.1. The van der Waals surface area contributed by atoms with E-state index in [2.05, 4.69) is 20.5 Å². The fraction of sp³-hybridized carbons (Fsp3) is 0. The van der Waals surface area contributed by atoms with Gasteiger partial charge < -0.3 is 5.32 Å². The van der Waals surface area contributed by atoms with Gasteiger partial charge in [-0.3, -0.25) is 14.3 Å². The molecule has 6 nitrogen and oxygen atoms in total. The van der Waals surface area contributed by atoms with Crippen molar-refractivity contribution in [3.05, 3.63) is 66.0 Å². The molecule has 0 aliphatic rings. The third kappa shape index (κ3) is 2.90. The average Bonchev–Trinajstić information content (AvgIpc) is 3.02. The van der Waals surface area contributed by atoms with Crippen molar-refractivity contribution in [2.75, 3.05) is 5.32 Å². The van der Waals surface area contributed by atoms with E-state index in [0.29, 0.717) is 16.3 Å². The summed E-state index contributed by atoms with van der Waals surface area (Å²) in [7, 11) is 0. The second-order valence-electron chi connectivity index (χ2n) is 4.23. The second-order valence-corrected chi connectivity index (χ2v) is 4.64. The first-order valence-corrected chi connectivity index (χ1v) is 6.48. The predicted molar refractivity (Wildman–Crippen MR) is 78.6 cm³/mol. The van der Waals surface area contributed by atoms with E-state index in [9.17, 15) is 4.79 Å². The average molecular weight is 300 g/mol. The van der Waals surface area contributed by atoms with Crippen LogP contribution in [0.4, 0.5) is 5.69 Å². The molecule has 104 valence electrons. The Morgan fingerprint density at radius 2 is 2.00 bits per heavy atom. The van der Waals surface area contributed by atoms with Crippen LogP contribution in [0.5, 0.6) is 0 Å². The number of benzene rings is 1. The largest absolute Gasteiger partial charge is 0.322 e. The van der Waals surface area contributed by atoms with Gasteiger partial charge in [0.25, 0.3) is 5.91 Å². The molecular formula is C14H10ClN5O. The maximum absolute atomic E-state index is 12.2. The van der Waals surface area contributed by atoms with Crippen LogP contribution in [-0.2, 0) is 0 Å². The van der Waals surface area contributed by atoms with Crippen molar-refractivity contribution in [2.45, 2.75) is 0 Å². The van der Waals surface area contributed by atoms with Crippen molar-refractivity contribution in [1.29, 1.82) is 0 Å². The first-order chi connectivity index (χ1) is 10.2. The summed E-state index contributed by atoms with van der Waals surface area (Å²) in [6, 6.07) is 8.89. The fourth-order valence-corrected chi connectivity index (χ4v) is 2.01. The van der Waals surface area contributed by atoms with Gasteiger partial charge in [0.15, 0.2) is 0 Å². The van der Waals surface area contributed by atoms with E-state index in [4.69, 9.17) is 11.6 Å². The third-order valence-corrected chi connectivity index (χ3v) is 3.16. The topological polar surface area (TPSA) is 72.7 Å². The van der Waals surface area contributed by atoms with Crippen LogP contribution in [0.2, 0.25) is 5.02 Å². The number of aromatic nitrogens is 4. The van der Waals surface area contributed by atoms with Crippen LogP contribution in [0.15, 0.2) is 55.4 Å². The summed E-state index contributed by atoms with van der Waals surface area (Å²) >= 11 is 5.98. The zero-order chi connectivity index (χ0) is 14.7. The SMILES string of the molecule is O=C(Nc1cccc(-n2cnnc2)c1)c1cnccc1Cl. The Balaban J connectivity index is 1.84. The first-order valence-electron chi connectivity index (χ1n) is 6.10. The van der Waals surface area contributed by atoms with E-state index >= 15 is 0 Å². The van der Waals surface area contributed by atoms with Gasteiger partial charge in [-0.1, -0.05) is 17.7 Å². The molecule has 3 rings (SSSR count). The quantitative estimate of drug-likeness (QED) is 0.806. The molecular weight excluding hydrogens is 290 g/mol. The summed E-state index contributed by atoms with van der Waals surface area (Å²) in [6.45, 7) is 0. The number of hydrogen-bond donors (Lipinski definition) is 1. The van der Waals surface area contributed by atoms with Crippen molar-refractivity contribution in [3.8, 4) is 5.69 Å². The van der Waals surface area contributed by atoms with Gasteiger partial charge in [-0.2, -0.15) is 0 Å². The number of pyridine rings is 1. The number of nitrogens with zero attached hydrogens (tertiary/aromatic N) is 4. The summed E-state index contributed by atoms with van der Waals surface area (Å²) < 4.78 is 1.74. The molecule has 0 saturated carbocycles. The van der Waals surface area contributed by atoms with Gasteiger partial charge in [0.05, 0.1) is 16.3 Å². The molecule has 0 spiro atoms. The first kappa shape index (κ1) is 13.3. The number of halogens is 1. The highest BCUT2D eigenvalue weighted by atomic mass is 35.5. The molecule has 1 amide bonds. The highest BCUT2D eigenvalue weighted by molar-refractivity contribution is 6.34. The summed E-state index contributed by atoms with van der Waals surface area (Å²) in [5.41, 5.74) is 1.81. The Hall–Kier alpha value is -2.73. The molecule has 3 aromatic rings. The molecule has 0 aliphatic carbocycles. The molecule has 7 heteroatoms. The standard InChI is InChI=1S/C14H10ClN5O/c15-13-4-5-16-7-12(13)14(21)19-10-2-1-3-11(6-10)20-8-17-18-9-20/h1-9H,(H,19,21). The van der Waals surface area contributed by atoms with Crippen molar-refractivity contribution in [3.63, 3.8) is 0 Å². The highest BCUT2D eigenvalue weighted by Gasteiger charge is 2.10. The molecule has 0 unspecified atom stereocenters. The Labute approximate surface area is 125 Å². The molecule has 1 N–H and O–H groups in total. The van der Waals surface area contributed by atoms with E-state index in [1.165, 1.54) is 12.4 Å². The molecule has 0 bridgehead atoms. The number of rotatable bonds is 3. The second kappa shape index (κ2) is 5.72. The molecule has 2 aromatic heterocycles. The highest BCUT2D eigenvalue weighted by Crippen LogP contribution is 2.18. The number of anilines is 1. The zero-order valence-electron chi connectivity index (χ0n) is 10.8. The Morgan fingerprint density at radius 3 is 2.76 bits per heavy atom. The number of amides is 1. The van der Waals surface area contributed by atoms with Crippen LogP contribution in [0.25, 0.3) is 5.69 Å².